The number of thiocarbonyl (C=S) groups is 1. The highest BCUT2D eigenvalue weighted by molar-refractivity contribution is 7.80. The summed E-state index contributed by atoms with van der Waals surface area (Å²) in [5, 5.41) is 3.37. The maximum Gasteiger partial charge on any atom is 0.234 e. The van der Waals surface area contributed by atoms with Crippen LogP contribution in [-0.4, -0.2) is 16.8 Å². The van der Waals surface area contributed by atoms with Gasteiger partial charge in [0.2, 0.25) is 5.91 Å². The molecule has 1 aromatic rings. The minimum absolute atomic E-state index is 0.0833. The second kappa shape index (κ2) is 5.92. The number of allylic oxidation sites excluding steroid dienone is 4. The van der Waals surface area contributed by atoms with Crippen LogP contribution in [0.4, 0.5) is 0 Å². The molecule has 4 heteroatoms. The van der Waals surface area contributed by atoms with Gasteiger partial charge < -0.3 is 5.73 Å². The predicted octanol–water partition coefficient (Wildman–Crippen LogP) is 2.03. The van der Waals surface area contributed by atoms with Crippen LogP contribution >= 0.6 is 12.2 Å². The van der Waals surface area contributed by atoms with Crippen LogP contribution in [-0.2, 0) is 11.2 Å². The average molecular weight is 297 g/mol. The van der Waals surface area contributed by atoms with Crippen molar-refractivity contribution in [2.45, 2.75) is 24.9 Å². The number of amides is 1. The Morgan fingerprint density at radius 2 is 2.33 bits per heavy atom. The molecular formula is C17H17N2OS. The quantitative estimate of drug-likeness (QED) is 0.839. The fourth-order valence-electron chi connectivity index (χ4n) is 3.00. The number of carbonyl (C=O) groups is 1. The van der Waals surface area contributed by atoms with E-state index in [4.69, 9.17) is 18.0 Å². The Morgan fingerprint density at radius 3 is 3.10 bits per heavy atom. The molecule has 3 N–H and O–H groups in total. The molecule has 1 amide bonds. The van der Waals surface area contributed by atoms with Crippen molar-refractivity contribution in [2.75, 3.05) is 0 Å². The molecule has 0 spiro atoms. The molecule has 21 heavy (non-hydrogen) atoms. The maximum absolute atomic E-state index is 11.6. The van der Waals surface area contributed by atoms with Crippen LogP contribution in [0.3, 0.4) is 0 Å². The molecule has 0 fully saturated rings. The molecule has 1 aliphatic carbocycles. The van der Waals surface area contributed by atoms with Gasteiger partial charge in [-0.15, -0.1) is 0 Å². The molecule has 3 rings (SSSR count). The summed E-state index contributed by atoms with van der Waals surface area (Å²) < 4.78 is 0. The van der Waals surface area contributed by atoms with Crippen molar-refractivity contribution in [3.8, 4) is 0 Å². The standard InChI is InChI=1S/C17H17N2OS/c18-17(20)15-9-11-5-1-3-7-13(11)14(19-15)10-12-6-2-4-8-16(12)21/h2-8,12,14-15,19H,9-10H2,(H2,18,20). The van der Waals surface area contributed by atoms with Crippen molar-refractivity contribution < 1.29 is 4.79 Å². The highest BCUT2D eigenvalue weighted by Crippen LogP contribution is 2.31. The molecule has 1 aromatic carbocycles. The molecule has 2 aliphatic rings. The van der Waals surface area contributed by atoms with Crippen molar-refractivity contribution in [3.63, 3.8) is 0 Å². The summed E-state index contributed by atoms with van der Waals surface area (Å²) >= 11 is 5.41. The lowest BCUT2D eigenvalue weighted by Gasteiger charge is -2.33. The molecule has 3 unspecified atom stereocenters. The molecule has 0 saturated carbocycles. The Labute approximate surface area is 129 Å². The molecule has 1 radical (unpaired) electrons. The lowest BCUT2D eigenvalue weighted by atomic mass is 9.83. The van der Waals surface area contributed by atoms with Gasteiger partial charge in [-0.05, 0) is 36.1 Å². The molecule has 3 nitrogen and oxygen atoms in total. The lowest BCUT2D eigenvalue weighted by molar-refractivity contribution is -0.120. The highest BCUT2D eigenvalue weighted by atomic mass is 32.1. The monoisotopic (exact) mass is 297 g/mol. The van der Waals surface area contributed by atoms with Crippen LogP contribution in [0.1, 0.15) is 23.6 Å². The first-order valence-electron chi connectivity index (χ1n) is 7.08. The van der Waals surface area contributed by atoms with Crippen molar-refractivity contribution >= 4 is 23.0 Å². The average Bonchev–Trinajstić information content (AvgIpc) is 2.49. The Morgan fingerprint density at radius 1 is 1.48 bits per heavy atom. The van der Waals surface area contributed by atoms with Gasteiger partial charge in [0.05, 0.1) is 6.04 Å². The van der Waals surface area contributed by atoms with Crippen molar-refractivity contribution in [1.82, 2.24) is 5.32 Å². The van der Waals surface area contributed by atoms with Gasteiger partial charge >= 0.3 is 0 Å². The molecule has 0 aromatic heterocycles. The van der Waals surface area contributed by atoms with E-state index in [-0.39, 0.29) is 23.9 Å². The van der Waals surface area contributed by atoms with Gasteiger partial charge in [-0.25, -0.2) is 0 Å². The SMILES string of the molecule is NC(=O)C1Cc2c[c]ccc2C(CC2C=CC=CC2=S)N1. The van der Waals surface area contributed by atoms with Gasteiger partial charge in [0.15, 0.2) is 0 Å². The second-order valence-corrected chi connectivity index (χ2v) is 5.96. The van der Waals surface area contributed by atoms with Crippen LogP contribution in [0.2, 0.25) is 0 Å². The van der Waals surface area contributed by atoms with Crippen molar-refractivity contribution in [1.29, 1.82) is 0 Å². The van der Waals surface area contributed by atoms with E-state index in [1.165, 1.54) is 5.56 Å². The number of benzene rings is 1. The number of nitrogens with one attached hydrogen (secondary N) is 1. The topological polar surface area (TPSA) is 55.1 Å². The number of rotatable bonds is 3. The predicted molar refractivity (Wildman–Crippen MR) is 86.8 cm³/mol. The Bertz CT molecular complexity index is 635. The molecule has 0 bridgehead atoms. The summed E-state index contributed by atoms with van der Waals surface area (Å²) in [6.45, 7) is 0. The van der Waals surface area contributed by atoms with Gasteiger partial charge in [0.1, 0.15) is 0 Å². The summed E-state index contributed by atoms with van der Waals surface area (Å²) in [6.07, 6.45) is 9.53. The normalized spacial score (nSPS) is 27.4. The van der Waals surface area contributed by atoms with E-state index in [0.29, 0.717) is 6.42 Å². The summed E-state index contributed by atoms with van der Waals surface area (Å²) in [5.74, 6) is -0.0951. The molecule has 0 saturated heterocycles. The summed E-state index contributed by atoms with van der Waals surface area (Å²) in [7, 11) is 0. The van der Waals surface area contributed by atoms with Gasteiger partial charge in [0, 0.05) is 16.8 Å². The minimum Gasteiger partial charge on any atom is -0.368 e. The third kappa shape index (κ3) is 2.96. The zero-order valence-corrected chi connectivity index (χ0v) is 12.4. The third-order valence-corrected chi connectivity index (χ3v) is 4.54. The molecule has 1 heterocycles. The zero-order valence-electron chi connectivity index (χ0n) is 11.6. The first-order valence-corrected chi connectivity index (χ1v) is 7.49. The number of hydrogen-bond donors (Lipinski definition) is 2. The van der Waals surface area contributed by atoms with Crippen LogP contribution in [0.5, 0.6) is 0 Å². The van der Waals surface area contributed by atoms with E-state index in [9.17, 15) is 4.79 Å². The molecular weight excluding hydrogens is 280 g/mol. The van der Waals surface area contributed by atoms with Crippen LogP contribution in [0.15, 0.2) is 42.5 Å². The summed E-state index contributed by atoms with van der Waals surface area (Å²) in [4.78, 5) is 12.5. The van der Waals surface area contributed by atoms with Gasteiger partial charge in [0.25, 0.3) is 0 Å². The first-order chi connectivity index (χ1) is 10.1. The lowest BCUT2D eigenvalue weighted by Crippen LogP contribution is -2.48. The summed E-state index contributed by atoms with van der Waals surface area (Å²) in [5.41, 5.74) is 7.85. The number of hydrogen-bond acceptors (Lipinski definition) is 3. The van der Waals surface area contributed by atoms with E-state index in [2.05, 4.69) is 23.5 Å². The van der Waals surface area contributed by atoms with Gasteiger partial charge in [-0.2, -0.15) is 0 Å². The smallest absolute Gasteiger partial charge is 0.234 e. The Hall–Kier alpha value is -1.78. The van der Waals surface area contributed by atoms with Gasteiger partial charge in [-0.1, -0.05) is 48.6 Å². The van der Waals surface area contributed by atoms with E-state index >= 15 is 0 Å². The van der Waals surface area contributed by atoms with Crippen LogP contribution in [0.25, 0.3) is 0 Å². The van der Waals surface area contributed by atoms with E-state index in [1.807, 2.05) is 30.4 Å². The third-order valence-electron chi connectivity index (χ3n) is 4.10. The highest BCUT2D eigenvalue weighted by Gasteiger charge is 2.30. The molecule has 1 aliphatic heterocycles. The van der Waals surface area contributed by atoms with Crippen molar-refractivity contribution in [3.05, 3.63) is 59.7 Å². The fraction of sp³-hybridized carbons (Fsp3) is 0.294. The van der Waals surface area contributed by atoms with Gasteiger partial charge in [-0.3, -0.25) is 10.1 Å². The van der Waals surface area contributed by atoms with E-state index in [1.54, 1.807) is 0 Å². The maximum atomic E-state index is 11.6. The zero-order chi connectivity index (χ0) is 14.8. The van der Waals surface area contributed by atoms with Crippen LogP contribution in [0, 0.1) is 12.0 Å². The molecule has 107 valence electrons. The fourth-order valence-corrected chi connectivity index (χ4v) is 3.25. The van der Waals surface area contributed by atoms with E-state index < -0.39 is 0 Å². The largest absolute Gasteiger partial charge is 0.368 e. The second-order valence-electron chi connectivity index (χ2n) is 5.49. The Kier molecular flexibility index (Phi) is 3.99. The number of fused-ring (bicyclic) bond motifs is 1. The summed E-state index contributed by atoms with van der Waals surface area (Å²) in [6, 6.07) is 8.77. The van der Waals surface area contributed by atoms with Crippen LogP contribution < -0.4 is 11.1 Å². The number of carbonyl (C=O) groups excluding carboxylic acids is 1. The van der Waals surface area contributed by atoms with E-state index in [0.717, 1.165) is 16.8 Å². The first kappa shape index (κ1) is 14.2. The van der Waals surface area contributed by atoms with Crippen molar-refractivity contribution in [2.24, 2.45) is 11.7 Å². The number of primary amides is 1. The number of nitrogens with two attached hydrogens (primary N) is 1. The Balaban J connectivity index is 1.86. The molecule has 3 atom stereocenters. The minimum atomic E-state index is -0.324.